The molecule has 2 aliphatic rings. The summed E-state index contributed by atoms with van der Waals surface area (Å²) in [5, 5.41) is 0. The van der Waals surface area contributed by atoms with Gasteiger partial charge in [0.2, 0.25) is 0 Å². The lowest BCUT2D eigenvalue weighted by atomic mass is 9.77. The minimum absolute atomic E-state index is 0.0490. The summed E-state index contributed by atoms with van der Waals surface area (Å²) in [6, 6.07) is 7.56. The zero-order valence-electron chi connectivity index (χ0n) is 20.2. The van der Waals surface area contributed by atoms with Crippen molar-refractivity contribution in [3.05, 3.63) is 77.1 Å². The molecule has 0 atom stereocenters. The Morgan fingerprint density at radius 2 is 1.49 bits per heavy atom. The number of carbonyl (C=O) groups is 1. The molecule has 0 heterocycles. The van der Waals surface area contributed by atoms with Gasteiger partial charge in [-0.05, 0) is 99.3 Å². The molecule has 2 aliphatic carbocycles. The lowest BCUT2D eigenvalue weighted by Crippen LogP contribution is -2.25. The summed E-state index contributed by atoms with van der Waals surface area (Å²) in [5.41, 5.74) is 0.739. The third-order valence-electron chi connectivity index (χ3n) is 7.55. The molecule has 0 amide bonds. The molecular weight excluding hydrogens is 453 g/mol. The molecule has 2 aromatic rings. The van der Waals surface area contributed by atoms with E-state index >= 15 is 8.78 Å². The quantitative estimate of drug-likeness (QED) is 0.295. The van der Waals surface area contributed by atoms with Crippen LogP contribution in [0.3, 0.4) is 0 Å². The zero-order chi connectivity index (χ0) is 24.9. The van der Waals surface area contributed by atoms with Gasteiger partial charge in [-0.15, -0.1) is 6.58 Å². The van der Waals surface area contributed by atoms with Crippen LogP contribution in [0.15, 0.2) is 43.0 Å². The highest BCUT2D eigenvalue weighted by Crippen LogP contribution is 2.41. The van der Waals surface area contributed by atoms with E-state index in [1.54, 1.807) is 19.1 Å². The first-order valence-corrected chi connectivity index (χ1v) is 12.6. The predicted octanol–water partition coefficient (Wildman–Crippen LogP) is 7.85. The molecule has 0 spiro atoms. The fourth-order valence-electron chi connectivity index (χ4n) is 5.50. The van der Waals surface area contributed by atoms with E-state index in [0.717, 1.165) is 25.7 Å². The lowest BCUT2D eigenvalue weighted by Gasteiger charge is -2.30. The number of benzene rings is 2. The first kappa shape index (κ1) is 25.3. The number of rotatable bonds is 7. The van der Waals surface area contributed by atoms with Crippen LogP contribution in [0.4, 0.5) is 13.2 Å². The predicted molar refractivity (Wildman–Crippen MR) is 129 cm³/mol. The number of hydrogen-bond donors (Lipinski definition) is 0. The van der Waals surface area contributed by atoms with E-state index in [2.05, 4.69) is 6.58 Å². The number of allylic oxidation sites excluding steroid dienone is 1. The van der Waals surface area contributed by atoms with Crippen molar-refractivity contribution in [3.8, 4) is 5.75 Å². The van der Waals surface area contributed by atoms with E-state index in [4.69, 9.17) is 9.47 Å². The molecule has 0 N–H and O–H groups in total. The summed E-state index contributed by atoms with van der Waals surface area (Å²) in [7, 11) is 0. The van der Waals surface area contributed by atoms with Crippen LogP contribution in [0.25, 0.3) is 0 Å². The third-order valence-corrected chi connectivity index (χ3v) is 7.55. The van der Waals surface area contributed by atoms with Crippen LogP contribution in [0.1, 0.15) is 91.6 Å². The standard InChI is InChI=1S/C29H33F3O3/c1-3-18-5-7-19(8-6-18)23-15-16-24(28(32)27(23)31)20-9-11-21(12-10-20)35-29(33)25-14-13-22(34-4-2)17-26(25)30/h3,13-21H,1,4-12H2,2H3. The highest BCUT2D eigenvalue weighted by molar-refractivity contribution is 5.90. The lowest BCUT2D eigenvalue weighted by molar-refractivity contribution is 0.0189. The van der Waals surface area contributed by atoms with Crippen LogP contribution in [0.5, 0.6) is 5.75 Å². The van der Waals surface area contributed by atoms with E-state index in [-0.39, 0.29) is 23.5 Å². The average Bonchev–Trinajstić information content (AvgIpc) is 2.86. The summed E-state index contributed by atoms with van der Waals surface area (Å²) >= 11 is 0. The van der Waals surface area contributed by atoms with Gasteiger partial charge in [-0.25, -0.2) is 18.0 Å². The van der Waals surface area contributed by atoms with E-state index in [9.17, 15) is 9.18 Å². The van der Waals surface area contributed by atoms with Gasteiger partial charge in [0.05, 0.1) is 12.2 Å². The van der Waals surface area contributed by atoms with Crippen LogP contribution in [0.2, 0.25) is 0 Å². The first-order chi connectivity index (χ1) is 16.9. The smallest absolute Gasteiger partial charge is 0.341 e. The Morgan fingerprint density at radius 1 is 0.914 bits per heavy atom. The number of hydrogen-bond acceptors (Lipinski definition) is 3. The SMILES string of the molecule is C=CC1CCC(c2ccc(C3CCC(OC(=O)c4ccc(OCC)cc4F)CC3)c(F)c2F)CC1. The normalized spacial score (nSPS) is 24.6. The third kappa shape index (κ3) is 5.74. The fraction of sp³-hybridized carbons (Fsp3) is 0.483. The summed E-state index contributed by atoms with van der Waals surface area (Å²) < 4.78 is 55.1. The maximum absolute atomic E-state index is 15.1. The Hall–Kier alpha value is -2.76. The molecule has 2 fully saturated rings. The molecule has 0 radical (unpaired) electrons. The van der Waals surface area contributed by atoms with Gasteiger partial charge < -0.3 is 9.47 Å². The van der Waals surface area contributed by atoms with Gasteiger partial charge in [-0.1, -0.05) is 18.2 Å². The molecule has 4 rings (SSSR count). The molecule has 35 heavy (non-hydrogen) atoms. The van der Waals surface area contributed by atoms with E-state index in [1.807, 2.05) is 6.08 Å². The monoisotopic (exact) mass is 486 g/mol. The Morgan fingerprint density at radius 3 is 2.00 bits per heavy atom. The Bertz CT molecular complexity index is 1050. The molecule has 3 nitrogen and oxygen atoms in total. The van der Waals surface area contributed by atoms with Crippen LogP contribution >= 0.6 is 0 Å². The largest absolute Gasteiger partial charge is 0.494 e. The van der Waals surface area contributed by atoms with E-state index in [0.29, 0.717) is 55.1 Å². The Labute approximate surface area is 205 Å². The molecule has 0 aliphatic heterocycles. The second-order valence-electron chi connectivity index (χ2n) is 9.67. The molecule has 0 bridgehead atoms. The Kier molecular flexibility index (Phi) is 8.19. The molecule has 188 valence electrons. The van der Waals surface area contributed by atoms with Crippen LogP contribution in [0, 0.1) is 23.4 Å². The van der Waals surface area contributed by atoms with Crippen molar-refractivity contribution in [1.82, 2.24) is 0 Å². The second-order valence-corrected chi connectivity index (χ2v) is 9.67. The summed E-state index contributed by atoms with van der Waals surface area (Å²) in [4.78, 5) is 12.5. The van der Waals surface area contributed by atoms with Crippen molar-refractivity contribution in [1.29, 1.82) is 0 Å². The van der Waals surface area contributed by atoms with Crippen LogP contribution < -0.4 is 4.74 Å². The van der Waals surface area contributed by atoms with Crippen LogP contribution in [-0.2, 0) is 4.74 Å². The zero-order valence-corrected chi connectivity index (χ0v) is 20.2. The molecule has 0 saturated heterocycles. The van der Waals surface area contributed by atoms with Gasteiger partial charge >= 0.3 is 5.97 Å². The van der Waals surface area contributed by atoms with Crippen molar-refractivity contribution in [2.45, 2.75) is 76.2 Å². The molecular formula is C29H33F3O3. The van der Waals surface area contributed by atoms with Crippen molar-refractivity contribution < 1.29 is 27.4 Å². The van der Waals surface area contributed by atoms with Gasteiger partial charge in [0.1, 0.15) is 17.7 Å². The molecule has 0 unspecified atom stereocenters. The number of ether oxygens (including phenoxy) is 2. The first-order valence-electron chi connectivity index (χ1n) is 12.6. The second kappa shape index (κ2) is 11.3. The fourth-order valence-corrected chi connectivity index (χ4v) is 5.50. The molecule has 2 saturated carbocycles. The van der Waals surface area contributed by atoms with Gasteiger partial charge in [0.15, 0.2) is 11.6 Å². The average molecular weight is 487 g/mol. The van der Waals surface area contributed by atoms with Crippen LogP contribution in [-0.4, -0.2) is 18.7 Å². The number of carbonyl (C=O) groups excluding carboxylic acids is 1. The van der Waals surface area contributed by atoms with Gasteiger partial charge in [-0.2, -0.15) is 0 Å². The summed E-state index contributed by atoms with van der Waals surface area (Å²) in [6.07, 6.45) is 7.37. The minimum Gasteiger partial charge on any atom is -0.494 e. The highest BCUT2D eigenvalue weighted by atomic mass is 19.2. The number of esters is 1. The topological polar surface area (TPSA) is 35.5 Å². The van der Waals surface area contributed by atoms with Gasteiger partial charge in [0, 0.05) is 6.07 Å². The van der Waals surface area contributed by atoms with Crippen molar-refractivity contribution in [2.75, 3.05) is 6.61 Å². The van der Waals surface area contributed by atoms with Crippen molar-refractivity contribution in [3.63, 3.8) is 0 Å². The maximum Gasteiger partial charge on any atom is 0.341 e. The molecule has 0 aromatic heterocycles. The van der Waals surface area contributed by atoms with Crippen molar-refractivity contribution >= 4 is 5.97 Å². The van der Waals surface area contributed by atoms with Gasteiger partial charge in [-0.3, -0.25) is 0 Å². The van der Waals surface area contributed by atoms with E-state index in [1.165, 1.54) is 18.2 Å². The van der Waals surface area contributed by atoms with Gasteiger partial charge in [0.25, 0.3) is 0 Å². The molecule has 2 aromatic carbocycles. The minimum atomic E-state index is -0.745. The molecule has 6 heteroatoms. The van der Waals surface area contributed by atoms with Crippen molar-refractivity contribution in [2.24, 2.45) is 5.92 Å². The number of halogens is 3. The maximum atomic E-state index is 15.1. The van der Waals surface area contributed by atoms with E-state index < -0.39 is 23.4 Å². The summed E-state index contributed by atoms with van der Waals surface area (Å²) in [6.45, 7) is 6.03. The Balaban J connectivity index is 1.35. The summed E-state index contributed by atoms with van der Waals surface area (Å²) in [5.74, 6) is -2.14. The highest BCUT2D eigenvalue weighted by Gasteiger charge is 2.30.